The highest BCUT2D eigenvalue weighted by Crippen LogP contribution is 2.22. The summed E-state index contributed by atoms with van der Waals surface area (Å²) in [6.07, 6.45) is 1.16. The first-order valence-corrected chi connectivity index (χ1v) is 11.4. The van der Waals surface area contributed by atoms with Gasteiger partial charge in [0.15, 0.2) is 0 Å². The Labute approximate surface area is 170 Å². The molecule has 0 aliphatic carbocycles. The quantitative estimate of drug-likeness (QED) is 0.571. The van der Waals surface area contributed by atoms with E-state index in [1.54, 1.807) is 12.1 Å². The predicted octanol–water partition coefficient (Wildman–Crippen LogP) is 2.35. The summed E-state index contributed by atoms with van der Waals surface area (Å²) < 4.78 is 26.6. The molecule has 0 spiro atoms. The summed E-state index contributed by atoms with van der Waals surface area (Å²) in [5, 5.41) is 0. The maximum absolute atomic E-state index is 12.9. The van der Waals surface area contributed by atoms with Gasteiger partial charge in [-0.1, -0.05) is 13.8 Å². The molecule has 0 unspecified atom stereocenters. The second kappa shape index (κ2) is 8.99. The summed E-state index contributed by atoms with van der Waals surface area (Å²) in [5.74, 6) is 0.589. The van der Waals surface area contributed by atoms with Crippen LogP contribution < -0.4 is 0 Å². The number of nitrogens with zero attached hydrogens (tertiary/aromatic N) is 3. The molecule has 1 aromatic carbocycles. The van der Waals surface area contributed by atoms with Crippen molar-refractivity contribution in [2.24, 2.45) is 5.92 Å². The number of carbonyl (C=O) groups is 1. The van der Waals surface area contributed by atoms with E-state index in [-0.39, 0.29) is 10.8 Å². The van der Waals surface area contributed by atoms with Crippen LogP contribution in [0, 0.1) is 9.49 Å². The molecular formula is C18H28IN3O3S. The van der Waals surface area contributed by atoms with Crippen molar-refractivity contribution in [3.05, 3.63) is 27.3 Å². The summed E-state index contributed by atoms with van der Waals surface area (Å²) >= 11 is 2.09. The van der Waals surface area contributed by atoms with Crippen molar-refractivity contribution in [3.63, 3.8) is 0 Å². The van der Waals surface area contributed by atoms with Crippen LogP contribution in [0.15, 0.2) is 23.1 Å². The number of rotatable bonds is 6. The van der Waals surface area contributed by atoms with E-state index < -0.39 is 10.0 Å². The minimum atomic E-state index is -3.55. The van der Waals surface area contributed by atoms with E-state index in [1.165, 1.54) is 20.2 Å². The lowest BCUT2D eigenvalue weighted by atomic mass is 10.1. The van der Waals surface area contributed by atoms with Crippen molar-refractivity contribution in [3.8, 4) is 0 Å². The van der Waals surface area contributed by atoms with Gasteiger partial charge in [-0.2, -0.15) is 0 Å². The lowest BCUT2D eigenvalue weighted by Gasteiger charge is -2.35. The molecule has 0 radical (unpaired) electrons. The van der Waals surface area contributed by atoms with Gasteiger partial charge in [-0.25, -0.2) is 12.7 Å². The molecule has 1 aromatic rings. The van der Waals surface area contributed by atoms with E-state index in [1.807, 2.05) is 4.90 Å². The van der Waals surface area contributed by atoms with Crippen molar-refractivity contribution >= 4 is 38.5 Å². The average Bonchev–Trinajstić information content (AvgIpc) is 2.60. The Hall–Kier alpha value is -0.710. The fourth-order valence-electron chi connectivity index (χ4n) is 2.83. The zero-order chi connectivity index (χ0) is 19.5. The normalized spacial score (nSPS) is 16.5. The summed E-state index contributed by atoms with van der Waals surface area (Å²) in [4.78, 5) is 17.3. The van der Waals surface area contributed by atoms with Crippen LogP contribution in [0.5, 0.6) is 0 Å². The van der Waals surface area contributed by atoms with Gasteiger partial charge in [-0.05, 0) is 59.7 Å². The van der Waals surface area contributed by atoms with E-state index in [2.05, 4.69) is 41.3 Å². The van der Waals surface area contributed by atoms with E-state index in [0.717, 1.165) is 33.9 Å². The van der Waals surface area contributed by atoms with Crippen LogP contribution >= 0.6 is 22.6 Å². The van der Waals surface area contributed by atoms with Gasteiger partial charge in [-0.3, -0.25) is 9.69 Å². The lowest BCUT2D eigenvalue weighted by Crippen LogP contribution is -2.49. The highest BCUT2D eigenvalue weighted by Gasteiger charge is 2.26. The molecule has 0 saturated carbocycles. The summed E-state index contributed by atoms with van der Waals surface area (Å²) in [7, 11) is -0.571. The van der Waals surface area contributed by atoms with E-state index in [4.69, 9.17) is 0 Å². The summed E-state index contributed by atoms with van der Waals surface area (Å²) in [5.41, 5.74) is 0.462. The number of halogens is 1. The third-order valence-electron chi connectivity index (χ3n) is 4.63. The van der Waals surface area contributed by atoms with Gasteiger partial charge < -0.3 is 4.90 Å². The molecule has 0 N–H and O–H groups in total. The molecule has 8 heteroatoms. The van der Waals surface area contributed by atoms with Gasteiger partial charge in [0, 0.05) is 43.8 Å². The second-order valence-corrected chi connectivity index (χ2v) is 10.6. The Morgan fingerprint density at radius 2 is 1.81 bits per heavy atom. The first-order chi connectivity index (χ1) is 12.1. The number of hydrogen-bond acceptors (Lipinski definition) is 4. The Kier molecular flexibility index (Phi) is 7.46. The minimum absolute atomic E-state index is 0.0892. The van der Waals surface area contributed by atoms with Gasteiger partial charge in [0.2, 0.25) is 10.0 Å². The number of carbonyl (C=O) groups excluding carboxylic acids is 1. The van der Waals surface area contributed by atoms with E-state index in [9.17, 15) is 13.2 Å². The highest BCUT2D eigenvalue weighted by molar-refractivity contribution is 14.1. The maximum Gasteiger partial charge on any atom is 0.255 e. The molecule has 1 fully saturated rings. The van der Waals surface area contributed by atoms with Crippen molar-refractivity contribution in [2.75, 3.05) is 46.8 Å². The molecule has 2 rings (SSSR count). The lowest BCUT2D eigenvalue weighted by molar-refractivity contribution is 0.0630. The first-order valence-electron chi connectivity index (χ1n) is 8.86. The van der Waals surface area contributed by atoms with Gasteiger partial charge in [0.1, 0.15) is 0 Å². The fraction of sp³-hybridized carbons (Fsp3) is 0.611. The van der Waals surface area contributed by atoms with Gasteiger partial charge in [0.25, 0.3) is 5.91 Å². The standard InChI is InChI=1S/C18H28IN3O3S/c1-14(2)7-8-21-9-11-22(12-10-21)18(23)16-13-15(5-6-17(16)19)26(24,25)20(3)4/h5-6,13-14H,7-12H2,1-4H3. The Morgan fingerprint density at radius 3 is 2.35 bits per heavy atom. The Balaban J connectivity index is 2.11. The summed E-state index contributed by atoms with van der Waals surface area (Å²) in [6, 6.07) is 4.76. The van der Waals surface area contributed by atoms with E-state index in [0.29, 0.717) is 24.6 Å². The molecule has 146 valence electrons. The zero-order valence-electron chi connectivity index (χ0n) is 15.9. The molecule has 1 heterocycles. The topological polar surface area (TPSA) is 60.9 Å². The van der Waals surface area contributed by atoms with Crippen LogP contribution in [0.3, 0.4) is 0 Å². The van der Waals surface area contributed by atoms with Gasteiger partial charge >= 0.3 is 0 Å². The van der Waals surface area contributed by atoms with Crippen LogP contribution in [-0.2, 0) is 10.0 Å². The molecule has 1 aliphatic rings. The van der Waals surface area contributed by atoms with Crippen molar-refractivity contribution in [1.29, 1.82) is 0 Å². The molecule has 0 bridgehead atoms. The largest absolute Gasteiger partial charge is 0.336 e. The number of hydrogen-bond donors (Lipinski definition) is 0. The van der Waals surface area contributed by atoms with E-state index >= 15 is 0 Å². The second-order valence-electron chi connectivity index (χ2n) is 7.25. The first kappa shape index (κ1) is 21.6. The highest BCUT2D eigenvalue weighted by atomic mass is 127. The minimum Gasteiger partial charge on any atom is -0.336 e. The molecule has 6 nitrogen and oxygen atoms in total. The zero-order valence-corrected chi connectivity index (χ0v) is 18.9. The maximum atomic E-state index is 12.9. The predicted molar refractivity (Wildman–Crippen MR) is 112 cm³/mol. The summed E-state index contributed by atoms with van der Waals surface area (Å²) in [6.45, 7) is 8.59. The molecule has 0 atom stereocenters. The van der Waals surface area contributed by atoms with Crippen LogP contribution in [-0.4, -0.2) is 75.2 Å². The fourth-order valence-corrected chi connectivity index (χ4v) is 4.32. The molecule has 0 aromatic heterocycles. The van der Waals surface area contributed by atoms with Crippen molar-refractivity contribution in [2.45, 2.75) is 25.2 Å². The molecule has 1 amide bonds. The van der Waals surface area contributed by atoms with Crippen molar-refractivity contribution in [1.82, 2.24) is 14.1 Å². The van der Waals surface area contributed by atoms with Crippen LogP contribution in [0.1, 0.15) is 30.6 Å². The third-order valence-corrected chi connectivity index (χ3v) is 7.38. The molecular weight excluding hydrogens is 465 g/mol. The molecule has 1 aliphatic heterocycles. The van der Waals surface area contributed by atoms with Crippen molar-refractivity contribution < 1.29 is 13.2 Å². The van der Waals surface area contributed by atoms with Crippen LogP contribution in [0.2, 0.25) is 0 Å². The monoisotopic (exact) mass is 493 g/mol. The molecule has 26 heavy (non-hydrogen) atoms. The number of piperazine rings is 1. The van der Waals surface area contributed by atoms with Gasteiger partial charge in [-0.15, -0.1) is 0 Å². The number of amides is 1. The number of benzene rings is 1. The van der Waals surface area contributed by atoms with Gasteiger partial charge in [0.05, 0.1) is 10.5 Å². The smallest absolute Gasteiger partial charge is 0.255 e. The Morgan fingerprint density at radius 1 is 1.19 bits per heavy atom. The SMILES string of the molecule is CC(C)CCN1CCN(C(=O)c2cc(S(=O)(=O)N(C)C)ccc2I)CC1. The van der Waals surface area contributed by atoms with Crippen LogP contribution in [0.25, 0.3) is 0 Å². The third kappa shape index (κ3) is 5.17. The molecule has 1 saturated heterocycles. The number of sulfonamides is 1. The Bertz CT molecular complexity index is 742. The average molecular weight is 493 g/mol. The van der Waals surface area contributed by atoms with Crippen LogP contribution in [0.4, 0.5) is 0 Å².